The molecule has 128 valence electrons. The monoisotopic (exact) mass is 336 g/mol. The maximum atomic E-state index is 12.9. The number of methoxy groups -OCH3 is 1. The van der Waals surface area contributed by atoms with Gasteiger partial charge in [0.15, 0.2) is 11.5 Å². The molecular formula is C19H20N4O2. The van der Waals surface area contributed by atoms with Crippen LogP contribution in [-0.2, 0) is 4.74 Å². The lowest BCUT2D eigenvalue weighted by atomic mass is 10.1. The van der Waals surface area contributed by atoms with Crippen molar-refractivity contribution >= 4 is 11.6 Å². The second-order valence-corrected chi connectivity index (χ2v) is 6.28. The number of rotatable bonds is 4. The molecule has 0 N–H and O–H groups in total. The van der Waals surface area contributed by atoms with E-state index in [0.717, 1.165) is 36.4 Å². The van der Waals surface area contributed by atoms with Crippen LogP contribution in [-0.4, -0.2) is 51.7 Å². The average molecular weight is 336 g/mol. The highest BCUT2D eigenvalue weighted by Crippen LogP contribution is 2.24. The Morgan fingerprint density at radius 3 is 3.04 bits per heavy atom. The van der Waals surface area contributed by atoms with Gasteiger partial charge in [0.2, 0.25) is 0 Å². The number of hydrogen-bond acceptors (Lipinski definition) is 4. The standard InChI is InChI=1S/C19H20N4O2/c1-25-13-16-8-5-11-22(16)19(24)15-7-4-6-14(12-15)18-21-20-17-9-2-3-10-23(17)18/h2-4,6-7,9-10,12,16H,5,8,11,13H2,1H3. The number of carbonyl (C=O) groups excluding carboxylic acids is 1. The fraction of sp³-hybridized carbons (Fsp3) is 0.316. The van der Waals surface area contributed by atoms with Gasteiger partial charge in [0.25, 0.3) is 5.91 Å². The Bertz CT molecular complexity index is 905. The van der Waals surface area contributed by atoms with Crippen LogP contribution in [0.25, 0.3) is 17.0 Å². The summed E-state index contributed by atoms with van der Waals surface area (Å²) in [6.07, 6.45) is 3.94. The second-order valence-electron chi connectivity index (χ2n) is 6.28. The number of carbonyl (C=O) groups is 1. The van der Waals surface area contributed by atoms with Gasteiger partial charge in [-0.3, -0.25) is 9.20 Å². The molecule has 0 radical (unpaired) electrons. The lowest BCUT2D eigenvalue weighted by Gasteiger charge is -2.24. The summed E-state index contributed by atoms with van der Waals surface area (Å²) < 4.78 is 7.18. The molecule has 1 fully saturated rings. The summed E-state index contributed by atoms with van der Waals surface area (Å²) in [5.41, 5.74) is 2.34. The zero-order chi connectivity index (χ0) is 17.2. The van der Waals surface area contributed by atoms with Crippen molar-refractivity contribution < 1.29 is 9.53 Å². The van der Waals surface area contributed by atoms with Gasteiger partial charge in [-0.05, 0) is 37.1 Å². The summed E-state index contributed by atoms with van der Waals surface area (Å²) in [6.45, 7) is 1.37. The molecule has 25 heavy (non-hydrogen) atoms. The number of benzene rings is 1. The van der Waals surface area contributed by atoms with Crippen LogP contribution in [0.5, 0.6) is 0 Å². The predicted octanol–water partition coefficient (Wildman–Crippen LogP) is 2.65. The molecule has 3 heterocycles. The van der Waals surface area contributed by atoms with Gasteiger partial charge in [0.05, 0.1) is 12.6 Å². The van der Waals surface area contributed by atoms with Gasteiger partial charge in [0.1, 0.15) is 0 Å². The minimum absolute atomic E-state index is 0.0511. The van der Waals surface area contributed by atoms with Crippen molar-refractivity contribution in [3.8, 4) is 11.4 Å². The zero-order valence-corrected chi connectivity index (χ0v) is 14.1. The number of fused-ring (bicyclic) bond motifs is 1. The van der Waals surface area contributed by atoms with E-state index >= 15 is 0 Å². The molecule has 0 saturated carbocycles. The molecule has 6 heteroatoms. The summed E-state index contributed by atoms with van der Waals surface area (Å²) >= 11 is 0. The van der Waals surface area contributed by atoms with Gasteiger partial charge in [-0.25, -0.2) is 0 Å². The fourth-order valence-corrected chi connectivity index (χ4v) is 3.46. The van der Waals surface area contributed by atoms with Crippen LogP contribution in [0.15, 0.2) is 48.7 Å². The number of aromatic nitrogens is 3. The average Bonchev–Trinajstić information content (AvgIpc) is 3.28. The molecular weight excluding hydrogens is 316 g/mol. The van der Waals surface area contributed by atoms with Crippen molar-refractivity contribution in [1.82, 2.24) is 19.5 Å². The number of amides is 1. The highest BCUT2D eigenvalue weighted by atomic mass is 16.5. The van der Waals surface area contributed by atoms with Gasteiger partial charge in [0, 0.05) is 31.0 Å². The van der Waals surface area contributed by atoms with Crippen molar-refractivity contribution in [2.45, 2.75) is 18.9 Å². The summed E-state index contributed by atoms with van der Waals surface area (Å²) in [6, 6.07) is 13.5. The van der Waals surface area contributed by atoms with Crippen LogP contribution < -0.4 is 0 Å². The van der Waals surface area contributed by atoms with E-state index in [1.807, 2.05) is 58.0 Å². The third-order valence-electron chi connectivity index (χ3n) is 4.68. The van der Waals surface area contributed by atoms with E-state index < -0.39 is 0 Å². The maximum absolute atomic E-state index is 12.9. The van der Waals surface area contributed by atoms with Gasteiger partial charge < -0.3 is 9.64 Å². The molecule has 1 atom stereocenters. The largest absolute Gasteiger partial charge is 0.383 e. The summed E-state index contributed by atoms with van der Waals surface area (Å²) in [7, 11) is 1.68. The third-order valence-corrected chi connectivity index (χ3v) is 4.68. The van der Waals surface area contributed by atoms with E-state index in [-0.39, 0.29) is 11.9 Å². The maximum Gasteiger partial charge on any atom is 0.254 e. The summed E-state index contributed by atoms with van der Waals surface area (Å²) in [4.78, 5) is 14.9. The number of pyridine rings is 1. The van der Waals surface area contributed by atoms with E-state index in [9.17, 15) is 4.79 Å². The molecule has 0 aliphatic carbocycles. The minimum Gasteiger partial charge on any atom is -0.383 e. The minimum atomic E-state index is 0.0511. The van der Waals surface area contributed by atoms with Gasteiger partial charge in [-0.1, -0.05) is 18.2 Å². The molecule has 1 unspecified atom stereocenters. The third kappa shape index (κ3) is 2.89. The normalized spacial score (nSPS) is 17.3. The number of ether oxygens (including phenoxy) is 1. The van der Waals surface area contributed by atoms with Crippen molar-refractivity contribution in [1.29, 1.82) is 0 Å². The SMILES string of the molecule is COCC1CCCN1C(=O)c1cccc(-c2nnc3ccccn23)c1. The van der Waals surface area contributed by atoms with Crippen LogP contribution in [0.3, 0.4) is 0 Å². The van der Waals surface area contributed by atoms with Crippen LogP contribution >= 0.6 is 0 Å². The van der Waals surface area contributed by atoms with E-state index in [2.05, 4.69) is 10.2 Å². The molecule has 1 aliphatic heterocycles. The zero-order valence-electron chi connectivity index (χ0n) is 14.1. The van der Waals surface area contributed by atoms with Crippen LogP contribution in [0, 0.1) is 0 Å². The lowest BCUT2D eigenvalue weighted by Crippen LogP contribution is -2.38. The van der Waals surface area contributed by atoms with Crippen molar-refractivity contribution in [2.75, 3.05) is 20.3 Å². The molecule has 1 aliphatic rings. The molecule has 3 aromatic rings. The van der Waals surface area contributed by atoms with E-state index in [1.165, 1.54) is 0 Å². The topological polar surface area (TPSA) is 59.7 Å². The molecule has 4 rings (SSSR count). The first-order valence-corrected chi connectivity index (χ1v) is 8.48. The summed E-state index contributed by atoms with van der Waals surface area (Å²) in [5, 5.41) is 8.46. The molecule has 0 bridgehead atoms. The summed E-state index contributed by atoms with van der Waals surface area (Å²) in [5.74, 6) is 0.787. The van der Waals surface area contributed by atoms with E-state index in [1.54, 1.807) is 7.11 Å². The van der Waals surface area contributed by atoms with E-state index in [4.69, 9.17) is 4.74 Å². The number of hydrogen-bond donors (Lipinski definition) is 0. The molecule has 6 nitrogen and oxygen atoms in total. The van der Waals surface area contributed by atoms with Crippen molar-refractivity contribution in [2.24, 2.45) is 0 Å². The Morgan fingerprint density at radius 1 is 1.24 bits per heavy atom. The van der Waals surface area contributed by atoms with Crippen LogP contribution in [0.1, 0.15) is 23.2 Å². The smallest absolute Gasteiger partial charge is 0.254 e. The van der Waals surface area contributed by atoms with Gasteiger partial charge in [-0.2, -0.15) is 0 Å². The Hall–Kier alpha value is -2.73. The van der Waals surface area contributed by atoms with Crippen LogP contribution in [0.2, 0.25) is 0 Å². The van der Waals surface area contributed by atoms with Gasteiger partial charge >= 0.3 is 0 Å². The quantitative estimate of drug-likeness (QED) is 0.735. The first-order valence-electron chi connectivity index (χ1n) is 8.48. The Kier molecular flexibility index (Phi) is 4.19. The highest BCUT2D eigenvalue weighted by molar-refractivity contribution is 5.95. The predicted molar refractivity (Wildman–Crippen MR) is 94.4 cm³/mol. The van der Waals surface area contributed by atoms with Gasteiger partial charge in [-0.15, -0.1) is 10.2 Å². The Labute approximate surface area is 146 Å². The Balaban J connectivity index is 1.66. The molecule has 1 amide bonds. The Morgan fingerprint density at radius 2 is 2.16 bits per heavy atom. The van der Waals surface area contributed by atoms with Crippen molar-refractivity contribution in [3.05, 3.63) is 54.2 Å². The lowest BCUT2D eigenvalue weighted by molar-refractivity contribution is 0.0630. The molecule has 0 spiro atoms. The molecule has 1 saturated heterocycles. The number of nitrogens with zero attached hydrogens (tertiary/aromatic N) is 4. The first-order chi connectivity index (χ1) is 12.3. The molecule has 2 aromatic heterocycles. The second kappa shape index (κ2) is 6.64. The molecule has 1 aromatic carbocycles. The highest BCUT2D eigenvalue weighted by Gasteiger charge is 2.29. The van der Waals surface area contributed by atoms with Crippen molar-refractivity contribution in [3.63, 3.8) is 0 Å². The fourth-order valence-electron chi connectivity index (χ4n) is 3.46. The van der Waals surface area contributed by atoms with Crippen LogP contribution in [0.4, 0.5) is 0 Å². The number of likely N-dealkylation sites (tertiary alicyclic amines) is 1. The van der Waals surface area contributed by atoms with E-state index in [0.29, 0.717) is 12.2 Å². The first kappa shape index (κ1) is 15.8.